The number of carboxylic acid groups (broad SMARTS) is 1. The van der Waals surface area contributed by atoms with Crippen LogP contribution in [-0.4, -0.2) is 11.1 Å². The second-order valence-corrected chi connectivity index (χ2v) is 2.23. The maximum Gasteiger partial charge on any atom is 1.00 e. The van der Waals surface area contributed by atoms with E-state index < -0.39 is 5.97 Å². The Bertz CT molecular complexity index is 188. The van der Waals surface area contributed by atoms with Crippen molar-refractivity contribution in [1.82, 2.24) is 0 Å². The van der Waals surface area contributed by atoms with Crippen LogP contribution in [0.4, 0.5) is 0 Å². The molecule has 1 aromatic heterocycles. The molecule has 9 heavy (non-hydrogen) atoms. The Morgan fingerprint density at radius 3 is 2.67 bits per heavy atom. The molecule has 0 unspecified atom stereocenters. The van der Waals surface area contributed by atoms with E-state index in [9.17, 15) is 4.79 Å². The molecule has 44 valence electrons. The van der Waals surface area contributed by atoms with Gasteiger partial charge in [0.15, 0.2) is 0 Å². The van der Waals surface area contributed by atoms with Gasteiger partial charge in [-0.05, 0) is 11.4 Å². The third-order valence-corrected chi connectivity index (χ3v) is 1.59. The van der Waals surface area contributed by atoms with Gasteiger partial charge >= 0.3 is 35.5 Å². The van der Waals surface area contributed by atoms with Crippen LogP contribution in [0.2, 0.25) is 0 Å². The Morgan fingerprint density at radius 1 is 1.78 bits per heavy atom. The Balaban J connectivity index is 0. The third kappa shape index (κ3) is 2.49. The van der Waals surface area contributed by atoms with Gasteiger partial charge < -0.3 is 6.53 Å². The monoisotopic (exact) mass is 152 g/mol. The normalized spacial score (nSPS) is 8.00. The first-order valence-electron chi connectivity index (χ1n) is 2.07. The van der Waals surface area contributed by atoms with Crippen molar-refractivity contribution < 1.29 is 40.9 Å². The van der Waals surface area contributed by atoms with Gasteiger partial charge in [-0.1, -0.05) is 6.07 Å². The molecule has 1 aromatic rings. The minimum absolute atomic E-state index is 0. The third-order valence-electron chi connectivity index (χ3n) is 0.732. The fourth-order valence-corrected chi connectivity index (χ4v) is 0.962. The number of hydrogen-bond donors (Lipinski definition) is 1. The molecule has 4 heteroatoms. The number of carboxylic acids is 1. The van der Waals surface area contributed by atoms with Crippen LogP contribution in [0, 0.1) is 0 Å². The minimum atomic E-state index is -0.847. The smallest absolute Gasteiger partial charge is 1.00 e. The van der Waals surface area contributed by atoms with E-state index in [1.54, 1.807) is 17.5 Å². The summed E-state index contributed by atoms with van der Waals surface area (Å²) in [6.45, 7) is 0. The zero-order valence-electron chi connectivity index (χ0n) is 6.00. The van der Waals surface area contributed by atoms with Gasteiger partial charge in [-0.3, -0.25) is 0 Å². The van der Waals surface area contributed by atoms with Crippen LogP contribution in [0.5, 0.6) is 0 Å². The van der Waals surface area contributed by atoms with E-state index in [-0.39, 0.29) is 31.0 Å². The molecule has 0 spiro atoms. The maximum absolute atomic E-state index is 10.1. The van der Waals surface area contributed by atoms with Gasteiger partial charge in [0, 0.05) is 0 Å². The molecule has 0 aliphatic carbocycles. The summed E-state index contributed by atoms with van der Waals surface area (Å²) >= 11 is 1.23. The summed E-state index contributed by atoms with van der Waals surface area (Å²) in [5.74, 6) is -0.847. The molecule has 0 fully saturated rings. The molecule has 0 amide bonds. The van der Waals surface area contributed by atoms with Gasteiger partial charge in [0.1, 0.15) is 4.88 Å². The fourth-order valence-electron chi connectivity index (χ4n) is 0.400. The standard InChI is InChI=1S/C5H4O2S.Na.H/c6-5(7)4-2-1-3-8-4;;/h1-3H,(H,6,7);;/q;+1;-1. The summed E-state index contributed by atoms with van der Waals surface area (Å²) in [5, 5.41) is 10.0. The summed E-state index contributed by atoms with van der Waals surface area (Å²) in [6, 6.07) is 3.29. The minimum Gasteiger partial charge on any atom is -1.00 e. The topological polar surface area (TPSA) is 37.3 Å². The van der Waals surface area contributed by atoms with Crippen molar-refractivity contribution in [2.75, 3.05) is 0 Å². The SMILES string of the molecule is O=C(O)c1cccs1.[H-].[Na+]. The number of rotatable bonds is 1. The summed E-state index contributed by atoms with van der Waals surface area (Å²) < 4.78 is 0. The van der Waals surface area contributed by atoms with Crippen LogP contribution in [-0.2, 0) is 0 Å². The molecule has 2 nitrogen and oxygen atoms in total. The molecule has 0 saturated heterocycles. The number of thiophene rings is 1. The number of aromatic carboxylic acids is 1. The van der Waals surface area contributed by atoms with Crippen LogP contribution < -0.4 is 29.6 Å². The van der Waals surface area contributed by atoms with E-state index in [2.05, 4.69) is 0 Å². The molecule has 0 radical (unpaired) electrons. The van der Waals surface area contributed by atoms with E-state index in [4.69, 9.17) is 5.11 Å². The van der Waals surface area contributed by atoms with Crippen LogP contribution in [0.25, 0.3) is 0 Å². The first-order chi connectivity index (χ1) is 3.80. The van der Waals surface area contributed by atoms with Crippen LogP contribution in [0.3, 0.4) is 0 Å². The van der Waals surface area contributed by atoms with E-state index in [1.807, 2.05) is 0 Å². The van der Waals surface area contributed by atoms with E-state index in [0.29, 0.717) is 4.88 Å². The predicted molar refractivity (Wildman–Crippen MR) is 32.4 cm³/mol. The number of hydrogen-bond acceptors (Lipinski definition) is 2. The molecule has 0 aliphatic heterocycles. The second kappa shape index (κ2) is 4.06. The van der Waals surface area contributed by atoms with Crippen molar-refractivity contribution >= 4 is 17.3 Å². The van der Waals surface area contributed by atoms with Crippen molar-refractivity contribution in [1.29, 1.82) is 0 Å². The first kappa shape index (κ1) is 9.17. The van der Waals surface area contributed by atoms with Crippen molar-refractivity contribution in [3.8, 4) is 0 Å². The van der Waals surface area contributed by atoms with Crippen LogP contribution >= 0.6 is 11.3 Å². The summed E-state index contributed by atoms with van der Waals surface area (Å²) in [7, 11) is 0. The Hall–Kier alpha value is 0.170. The Morgan fingerprint density at radius 2 is 2.44 bits per heavy atom. The second-order valence-electron chi connectivity index (χ2n) is 1.28. The van der Waals surface area contributed by atoms with E-state index in [0.717, 1.165) is 0 Å². The molecule has 1 heterocycles. The zero-order valence-corrected chi connectivity index (χ0v) is 7.81. The van der Waals surface area contributed by atoms with Gasteiger partial charge in [0.2, 0.25) is 0 Å². The van der Waals surface area contributed by atoms with Gasteiger partial charge in [-0.15, -0.1) is 11.3 Å². The summed E-state index contributed by atoms with van der Waals surface area (Å²) in [4.78, 5) is 10.5. The molecule has 1 rings (SSSR count). The van der Waals surface area contributed by atoms with E-state index in [1.165, 1.54) is 11.3 Å². The molecule has 1 N–H and O–H groups in total. The van der Waals surface area contributed by atoms with Crippen molar-refractivity contribution in [3.05, 3.63) is 22.4 Å². The quantitative estimate of drug-likeness (QED) is 0.500. The number of carbonyl (C=O) groups is 1. The largest absolute Gasteiger partial charge is 1.00 e. The summed E-state index contributed by atoms with van der Waals surface area (Å²) in [5.41, 5.74) is 0. The van der Waals surface area contributed by atoms with Crippen molar-refractivity contribution in [3.63, 3.8) is 0 Å². The van der Waals surface area contributed by atoms with Gasteiger partial charge in [-0.2, -0.15) is 0 Å². The van der Waals surface area contributed by atoms with Crippen molar-refractivity contribution in [2.45, 2.75) is 0 Å². The van der Waals surface area contributed by atoms with Gasteiger partial charge in [0.25, 0.3) is 0 Å². The average molecular weight is 152 g/mol. The Kier molecular flexibility index (Phi) is 4.14. The maximum atomic E-state index is 10.1. The average Bonchev–Trinajstić information content (AvgIpc) is 2.12. The zero-order chi connectivity index (χ0) is 5.98. The first-order valence-corrected chi connectivity index (χ1v) is 2.95. The van der Waals surface area contributed by atoms with E-state index >= 15 is 0 Å². The predicted octanol–water partition coefficient (Wildman–Crippen LogP) is -1.44. The molecule has 0 aromatic carbocycles. The van der Waals surface area contributed by atoms with Crippen LogP contribution in [0.15, 0.2) is 17.5 Å². The Labute approximate surface area is 80.3 Å². The molecule has 0 aliphatic rings. The molecule has 0 saturated carbocycles. The molecular weight excluding hydrogens is 147 g/mol. The van der Waals surface area contributed by atoms with Gasteiger partial charge in [-0.25, -0.2) is 4.79 Å². The fraction of sp³-hybridized carbons (Fsp3) is 0. The van der Waals surface area contributed by atoms with Crippen LogP contribution in [0.1, 0.15) is 11.1 Å². The molecule has 0 bridgehead atoms. The molecule has 0 atom stereocenters. The molecular formula is C5H5NaO2S. The summed E-state index contributed by atoms with van der Waals surface area (Å²) in [6.07, 6.45) is 0. The van der Waals surface area contributed by atoms with Crippen molar-refractivity contribution in [2.24, 2.45) is 0 Å². The van der Waals surface area contributed by atoms with Gasteiger partial charge in [0.05, 0.1) is 0 Å².